The maximum Gasteiger partial charge on any atom is 0 e. The molecule has 0 rings (SSSR count). The van der Waals surface area contributed by atoms with Crippen LogP contribution in [0.25, 0.3) is 0 Å². The molecule has 200 valence electrons. The lowest BCUT2D eigenvalue weighted by Gasteiger charge is -1.99. The van der Waals surface area contributed by atoms with Crippen LogP contribution in [0.15, 0.2) is 0 Å². The highest BCUT2D eigenvalue weighted by Gasteiger charge is 2.02. The Hall–Kier alpha value is -1.32. The van der Waals surface area contributed by atoms with Crippen LogP contribution in [0.5, 0.6) is 0 Å². The summed E-state index contributed by atoms with van der Waals surface area (Å²) in [4.78, 5) is 0. The highest BCUT2D eigenvalue weighted by Crippen LogP contribution is 1.95. The first-order valence-corrected chi connectivity index (χ1v) is 5.37. The van der Waals surface area contributed by atoms with E-state index in [1.807, 2.05) is 0 Å². The zero-order chi connectivity index (χ0) is 23.9. The zero-order valence-corrected chi connectivity index (χ0v) is 13.6. The Labute approximate surface area is 168 Å². The summed E-state index contributed by atoms with van der Waals surface area (Å²) in [6.07, 6.45) is 0. The van der Waals surface area contributed by atoms with Gasteiger partial charge >= 0.3 is 0 Å². The molecule has 0 unspecified atom stereocenters. The van der Waals surface area contributed by atoms with Crippen LogP contribution in [0.2, 0.25) is 0 Å². The molecule has 0 radical (unpaired) electrons. The van der Waals surface area contributed by atoms with Crippen molar-refractivity contribution in [3.63, 3.8) is 0 Å². The Morgan fingerprint density at radius 3 is 0.333 bits per heavy atom. The molecule has 0 bridgehead atoms. The van der Waals surface area contributed by atoms with Gasteiger partial charge in [0.05, 0.1) is 0 Å². The van der Waals surface area contributed by atoms with Gasteiger partial charge in [0.15, 0.2) is 0 Å². The lowest BCUT2D eigenvalue weighted by atomic mass is 14.0. The summed E-state index contributed by atoms with van der Waals surface area (Å²) in [5, 5.41) is 120. The molecule has 0 aromatic rings. The van der Waals surface area contributed by atoms with E-state index >= 15 is 0 Å². The van der Waals surface area contributed by atoms with Crippen molar-refractivity contribution in [2.75, 3.05) is 0 Å². The van der Waals surface area contributed by atoms with Gasteiger partial charge in [0.25, 0.3) is 0 Å². The van der Waals surface area contributed by atoms with E-state index in [9.17, 15) is 0 Å². The molecule has 0 saturated carbocycles. The van der Waals surface area contributed by atoms with E-state index in [1.165, 1.54) is 0 Å². The molecule has 0 aliphatic carbocycles. The second kappa shape index (κ2) is 30.7. The molecule has 0 atom stereocenters. The molecule has 0 aromatic heterocycles. The molecule has 0 fully saturated rings. The average molecular weight is 530 g/mol. The predicted molar refractivity (Wildman–Crippen MR) is 38.9 cm³/mol. The van der Waals surface area contributed by atoms with Crippen LogP contribution in [0.3, 0.4) is 0 Å². The van der Waals surface area contributed by atoms with Gasteiger partial charge in [0, 0.05) is 75.6 Å². The van der Waals surface area contributed by atoms with Crippen molar-refractivity contribution in [1.29, 1.82) is 0 Å². The van der Waals surface area contributed by atoms with E-state index in [1.54, 1.807) is 0 Å². The third kappa shape index (κ3) is 30.7. The summed E-state index contributed by atoms with van der Waals surface area (Å²) >= 11 is 0. The molecule has 0 spiro atoms. The minimum absolute atomic E-state index is 2.87. The van der Waals surface area contributed by atoms with Crippen molar-refractivity contribution in [3.05, 3.63) is 0 Å². The fourth-order valence-corrected chi connectivity index (χ4v) is 0.331. The average Bonchev–Trinajstić information content (AvgIpc) is 2.83. The molecule has 0 saturated heterocycles. The summed E-state index contributed by atoms with van der Waals surface area (Å²) in [5.74, 6) is 0. The Kier molecular flexibility index (Phi) is 29.5. The first-order chi connectivity index (χ1) is 16.4. The van der Waals surface area contributed by atoms with Crippen molar-refractivity contribution in [2.24, 2.45) is 0 Å². The third-order valence-corrected chi connectivity index (χ3v) is 0.839. The van der Waals surface area contributed by atoms with Gasteiger partial charge in [-0.25, -0.2) is 10.5 Å². The second-order valence-corrected chi connectivity index (χ2v) is 2.12. The van der Waals surface area contributed by atoms with Crippen LogP contribution in [0.1, 0.15) is 0 Å². The molecule has 0 aliphatic heterocycles. The molecular formula is H2O33. The largest absolute Gasteiger partial charge is 0.219 e. The summed E-state index contributed by atoms with van der Waals surface area (Å²) in [5.41, 5.74) is 0. The van der Waals surface area contributed by atoms with Crippen LogP contribution in [0, 0.1) is 0 Å². The maximum absolute atomic E-state index is 7.54. The summed E-state index contributed by atoms with van der Waals surface area (Å²) in [7, 11) is 0. The van der Waals surface area contributed by atoms with E-state index in [4.69, 9.17) is 10.5 Å². The Bertz CT molecular complexity index is 277. The zero-order valence-electron chi connectivity index (χ0n) is 13.6. The SMILES string of the molecule is OOOOOOOOOOOOOOOOOOOOOOOOOOOOOOOOO. The third-order valence-electron chi connectivity index (χ3n) is 0.839. The lowest BCUT2D eigenvalue weighted by Crippen LogP contribution is -2.06. The monoisotopic (exact) mass is 530 g/mol. The smallest absolute Gasteiger partial charge is 0 e. The van der Waals surface area contributed by atoms with E-state index in [0.717, 1.165) is 0 Å². The van der Waals surface area contributed by atoms with E-state index in [-0.39, 0.29) is 0 Å². The second-order valence-electron chi connectivity index (χ2n) is 2.12. The van der Waals surface area contributed by atoms with Gasteiger partial charge in [0.1, 0.15) is 0 Å². The van der Waals surface area contributed by atoms with Crippen molar-refractivity contribution >= 4 is 0 Å². The minimum Gasteiger partial charge on any atom is -0.219 e. The Morgan fingerprint density at radius 2 is 0.242 bits per heavy atom. The molecule has 0 amide bonds. The molecular weight excluding hydrogens is 528 g/mol. The van der Waals surface area contributed by atoms with Crippen molar-refractivity contribution in [3.8, 4) is 0 Å². The van der Waals surface area contributed by atoms with Crippen molar-refractivity contribution in [1.82, 2.24) is 0 Å². The molecule has 33 nitrogen and oxygen atoms in total. The fraction of sp³-hybridized carbons (Fsp3) is 0. The predicted octanol–water partition coefficient (Wildman–Crippen LogP) is -2.10. The van der Waals surface area contributed by atoms with Gasteiger partial charge in [-0.05, 0) is 80.6 Å². The summed E-state index contributed by atoms with van der Waals surface area (Å²) in [6.45, 7) is 0. The van der Waals surface area contributed by atoms with Gasteiger partial charge in [-0.1, -0.05) is 0 Å². The lowest BCUT2D eigenvalue weighted by molar-refractivity contribution is -0.906. The Balaban J connectivity index is 2.99. The highest BCUT2D eigenvalue weighted by atomic mass is 18.0. The van der Waals surface area contributed by atoms with Crippen molar-refractivity contribution < 1.29 is 167 Å². The molecule has 33 heteroatoms. The van der Waals surface area contributed by atoms with Gasteiger partial charge in [-0.15, -0.1) is 0 Å². The van der Waals surface area contributed by atoms with Gasteiger partial charge in [-0.3, -0.25) is 0 Å². The number of hydrogen-bond acceptors (Lipinski definition) is 33. The molecule has 0 aromatic carbocycles. The fourth-order valence-electron chi connectivity index (χ4n) is 0.331. The minimum atomic E-state index is 2.87. The van der Waals surface area contributed by atoms with Gasteiger partial charge in [0.2, 0.25) is 0 Å². The Morgan fingerprint density at radius 1 is 0.152 bits per heavy atom. The topological polar surface area (TPSA) is 327 Å². The molecule has 33 heavy (non-hydrogen) atoms. The number of hydrogen-bond donors (Lipinski definition) is 2. The van der Waals surface area contributed by atoms with Crippen LogP contribution in [0.4, 0.5) is 0 Å². The van der Waals surface area contributed by atoms with E-state index < -0.39 is 0 Å². The standard InChI is InChI=1S/H2O33/c1-3-5-7-9-11-13-15-17-19-21-23-25-27-29-31-33-32-30-28-26-24-22-20-18-16-14-12-10-8-6-4-2/h1-2H. The summed E-state index contributed by atoms with van der Waals surface area (Å²) in [6, 6.07) is 0. The molecule has 0 aliphatic rings. The number of rotatable bonds is 30. The first kappa shape index (κ1) is 31.7. The van der Waals surface area contributed by atoms with Gasteiger partial charge < -0.3 is 0 Å². The van der Waals surface area contributed by atoms with Crippen LogP contribution in [-0.4, -0.2) is 10.5 Å². The van der Waals surface area contributed by atoms with Crippen molar-refractivity contribution in [2.45, 2.75) is 0 Å². The highest BCUT2D eigenvalue weighted by molar-refractivity contribution is 3.10. The van der Waals surface area contributed by atoms with E-state index in [2.05, 4.69) is 156 Å². The van der Waals surface area contributed by atoms with Crippen LogP contribution >= 0.6 is 0 Å². The van der Waals surface area contributed by atoms with Crippen LogP contribution in [-0.2, 0) is 156 Å². The van der Waals surface area contributed by atoms with Crippen LogP contribution < -0.4 is 0 Å². The normalized spacial score (nSPS) is 11.5. The van der Waals surface area contributed by atoms with Gasteiger partial charge in [-0.2, -0.15) is 0 Å². The maximum atomic E-state index is 7.54. The quantitative estimate of drug-likeness (QED) is 0.0570. The van der Waals surface area contributed by atoms with E-state index in [0.29, 0.717) is 0 Å². The molecule has 2 N–H and O–H groups in total. The first-order valence-electron chi connectivity index (χ1n) is 5.37. The summed E-state index contributed by atoms with van der Waals surface area (Å²) < 4.78 is 0. The molecule has 0 heterocycles.